The van der Waals surface area contributed by atoms with Gasteiger partial charge in [-0.05, 0) is 43.4 Å². The first kappa shape index (κ1) is 14.5. The van der Waals surface area contributed by atoms with Crippen LogP contribution in [0.3, 0.4) is 0 Å². The highest BCUT2D eigenvalue weighted by Gasteiger charge is 2.55. The summed E-state index contributed by atoms with van der Waals surface area (Å²) in [5.41, 5.74) is -1.19. The van der Waals surface area contributed by atoms with Gasteiger partial charge in [0.1, 0.15) is 0 Å². The maximum atomic E-state index is 13.1. The van der Waals surface area contributed by atoms with Crippen LogP contribution in [0.25, 0.3) is 0 Å². The van der Waals surface area contributed by atoms with Crippen molar-refractivity contribution in [1.29, 1.82) is 5.26 Å². The maximum Gasteiger partial charge on any atom is 0.417 e. The van der Waals surface area contributed by atoms with Gasteiger partial charge in [0.25, 0.3) is 0 Å². The van der Waals surface area contributed by atoms with Crippen molar-refractivity contribution in [3.8, 4) is 6.07 Å². The topological polar surface area (TPSA) is 47.3 Å². The minimum Gasteiger partial charge on any atom is -0.298 e. The molecule has 0 aromatic heterocycles. The fourth-order valence-corrected chi connectivity index (χ4v) is 4.26. The SMILES string of the molecule is N#Cc1ccc(N2CN3C4CCC(C4)[C@@H]3C2=O)cc1C(F)(F)F. The molecule has 23 heavy (non-hydrogen) atoms. The van der Waals surface area contributed by atoms with Crippen LogP contribution in [0.2, 0.25) is 0 Å². The molecule has 1 aromatic carbocycles. The number of nitrogens with zero attached hydrogens (tertiary/aromatic N) is 3. The number of fused-ring (bicyclic) bond motifs is 5. The van der Waals surface area contributed by atoms with Crippen molar-refractivity contribution >= 4 is 11.6 Å². The summed E-state index contributed by atoms with van der Waals surface area (Å²) >= 11 is 0. The Labute approximate surface area is 131 Å². The van der Waals surface area contributed by atoms with Crippen LogP contribution < -0.4 is 4.90 Å². The van der Waals surface area contributed by atoms with E-state index in [9.17, 15) is 18.0 Å². The molecule has 3 fully saturated rings. The van der Waals surface area contributed by atoms with Crippen LogP contribution in [0.5, 0.6) is 0 Å². The fraction of sp³-hybridized carbons (Fsp3) is 0.500. The van der Waals surface area contributed by atoms with Gasteiger partial charge >= 0.3 is 6.18 Å². The molecule has 120 valence electrons. The summed E-state index contributed by atoms with van der Waals surface area (Å²) in [7, 11) is 0. The van der Waals surface area contributed by atoms with Gasteiger partial charge in [0, 0.05) is 11.7 Å². The van der Waals surface area contributed by atoms with Crippen LogP contribution >= 0.6 is 0 Å². The quantitative estimate of drug-likeness (QED) is 0.799. The molecule has 2 saturated heterocycles. The molecule has 3 aliphatic rings. The van der Waals surface area contributed by atoms with E-state index in [0.29, 0.717) is 18.6 Å². The van der Waals surface area contributed by atoms with Crippen LogP contribution in [-0.4, -0.2) is 29.6 Å². The van der Waals surface area contributed by atoms with E-state index in [-0.39, 0.29) is 17.6 Å². The lowest BCUT2D eigenvalue weighted by molar-refractivity contribution is -0.137. The predicted molar refractivity (Wildman–Crippen MR) is 75.3 cm³/mol. The summed E-state index contributed by atoms with van der Waals surface area (Å²) in [6, 6.07) is 5.24. The third-order valence-electron chi connectivity index (χ3n) is 5.28. The second-order valence-electron chi connectivity index (χ2n) is 6.43. The normalized spacial score (nSPS) is 29.9. The summed E-state index contributed by atoms with van der Waals surface area (Å²) < 4.78 is 39.3. The predicted octanol–water partition coefficient (Wildman–Crippen LogP) is 2.73. The number of alkyl halides is 3. The third kappa shape index (κ3) is 2.05. The fourth-order valence-electron chi connectivity index (χ4n) is 4.26. The van der Waals surface area contributed by atoms with Crippen LogP contribution in [0.1, 0.15) is 30.4 Å². The molecule has 1 aromatic rings. The molecule has 3 atom stereocenters. The zero-order valence-electron chi connectivity index (χ0n) is 12.2. The Kier molecular flexibility index (Phi) is 2.97. The van der Waals surface area contributed by atoms with Gasteiger partial charge in [0.05, 0.1) is 29.9 Å². The number of benzene rings is 1. The van der Waals surface area contributed by atoms with Gasteiger partial charge in [0.15, 0.2) is 0 Å². The van der Waals surface area contributed by atoms with Gasteiger partial charge in [-0.2, -0.15) is 18.4 Å². The molecule has 0 N–H and O–H groups in total. The van der Waals surface area contributed by atoms with Crippen LogP contribution in [0, 0.1) is 17.2 Å². The standard InChI is InChI=1S/C16H14F3N3O/c17-16(18,19)13-6-12(4-2-10(13)7-20)22-8-21-11-3-1-9(5-11)14(21)15(22)23/h2,4,6,9,11,14H,1,3,5,8H2/t9?,11?,14-/m1/s1. The van der Waals surface area contributed by atoms with E-state index in [2.05, 4.69) is 4.90 Å². The summed E-state index contributed by atoms with van der Waals surface area (Å²) in [4.78, 5) is 16.2. The zero-order valence-corrected chi connectivity index (χ0v) is 12.2. The number of rotatable bonds is 1. The number of hydrogen-bond acceptors (Lipinski definition) is 3. The minimum absolute atomic E-state index is 0.116. The molecule has 2 bridgehead atoms. The lowest BCUT2D eigenvalue weighted by atomic mass is 9.99. The van der Waals surface area contributed by atoms with Crippen molar-refractivity contribution in [3.05, 3.63) is 29.3 Å². The van der Waals surface area contributed by atoms with E-state index in [1.165, 1.54) is 11.0 Å². The molecule has 4 nitrogen and oxygen atoms in total. The molecule has 2 heterocycles. The second kappa shape index (κ2) is 4.71. The van der Waals surface area contributed by atoms with Gasteiger partial charge in [-0.1, -0.05) is 0 Å². The number of anilines is 1. The molecule has 1 amide bonds. The van der Waals surface area contributed by atoms with Gasteiger partial charge < -0.3 is 0 Å². The Hall–Kier alpha value is -2.07. The van der Waals surface area contributed by atoms with E-state index < -0.39 is 17.3 Å². The molecule has 2 unspecified atom stereocenters. The average Bonchev–Trinajstić information content (AvgIpc) is 3.19. The Balaban J connectivity index is 1.70. The first-order chi connectivity index (χ1) is 10.9. The molecule has 2 aliphatic heterocycles. The Bertz CT molecular complexity index is 724. The van der Waals surface area contributed by atoms with Crippen molar-refractivity contribution < 1.29 is 18.0 Å². The highest BCUT2D eigenvalue weighted by Crippen LogP contribution is 2.46. The molecule has 7 heteroatoms. The molecular formula is C16H14F3N3O. The Morgan fingerprint density at radius 2 is 2.04 bits per heavy atom. The number of hydrogen-bond donors (Lipinski definition) is 0. The lowest BCUT2D eigenvalue weighted by Crippen LogP contribution is -2.38. The van der Waals surface area contributed by atoms with Crippen molar-refractivity contribution in [1.82, 2.24) is 4.90 Å². The van der Waals surface area contributed by atoms with Gasteiger partial charge in [0.2, 0.25) is 5.91 Å². The smallest absolute Gasteiger partial charge is 0.298 e. The van der Waals surface area contributed by atoms with E-state index >= 15 is 0 Å². The Morgan fingerprint density at radius 3 is 2.70 bits per heavy atom. The third-order valence-corrected chi connectivity index (χ3v) is 5.28. The van der Waals surface area contributed by atoms with Crippen molar-refractivity contribution in [2.24, 2.45) is 5.92 Å². The molecule has 4 rings (SSSR count). The maximum absolute atomic E-state index is 13.1. The van der Waals surface area contributed by atoms with Crippen LogP contribution in [0.4, 0.5) is 18.9 Å². The van der Waals surface area contributed by atoms with E-state index in [1.807, 2.05) is 0 Å². The highest BCUT2D eigenvalue weighted by molar-refractivity contribution is 6.00. The second-order valence-corrected chi connectivity index (χ2v) is 6.43. The minimum atomic E-state index is -4.61. The molecule has 1 saturated carbocycles. The first-order valence-electron chi connectivity index (χ1n) is 7.58. The number of carbonyl (C=O) groups excluding carboxylic acids is 1. The van der Waals surface area contributed by atoms with E-state index in [1.54, 1.807) is 6.07 Å². The van der Waals surface area contributed by atoms with Crippen molar-refractivity contribution in [2.45, 2.75) is 37.5 Å². The van der Waals surface area contributed by atoms with Crippen molar-refractivity contribution in [3.63, 3.8) is 0 Å². The van der Waals surface area contributed by atoms with E-state index in [0.717, 1.165) is 31.4 Å². The monoisotopic (exact) mass is 321 g/mol. The summed E-state index contributed by atoms with van der Waals surface area (Å²) in [6.45, 7) is 0.341. The molecule has 0 radical (unpaired) electrons. The van der Waals surface area contributed by atoms with Crippen LogP contribution in [-0.2, 0) is 11.0 Å². The number of halogens is 3. The number of amides is 1. The molecule has 1 aliphatic carbocycles. The zero-order chi connectivity index (χ0) is 16.4. The summed E-state index contributed by atoms with van der Waals surface area (Å²) in [5.74, 6) is 0.216. The Morgan fingerprint density at radius 1 is 1.26 bits per heavy atom. The summed E-state index contributed by atoms with van der Waals surface area (Å²) in [5, 5.41) is 8.86. The van der Waals surface area contributed by atoms with E-state index in [4.69, 9.17) is 5.26 Å². The lowest BCUT2D eigenvalue weighted by Gasteiger charge is -2.25. The number of piperidine rings is 1. The average molecular weight is 321 g/mol. The first-order valence-corrected chi connectivity index (χ1v) is 7.58. The van der Waals surface area contributed by atoms with Crippen LogP contribution in [0.15, 0.2) is 18.2 Å². The highest BCUT2D eigenvalue weighted by atomic mass is 19.4. The largest absolute Gasteiger partial charge is 0.417 e. The summed E-state index contributed by atoms with van der Waals surface area (Å²) in [6.07, 6.45) is -1.51. The van der Waals surface area contributed by atoms with Gasteiger partial charge in [-0.3, -0.25) is 14.6 Å². The van der Waals surface area contributed by atoms with Gasteiger partial charge in [-0.25, -0.2) is 0 Å². The number of carbonyl (C=O) groups is 1. The van der Waals surface area contributed by atoms with Crippen molar-refractivity contribution in [2.75, 3.05) is 11.6 Å². The molecular weight excluding hydrogens is 307 g/mol. The number of nitriles is 1. The molecule has 0 spiro atoms. The van der Waals surface area contributed by atoms with Gasteiger partial charge in [-0.15, -0.1) is 0 Å².